The fourth-order valence-corrected chi connectivity index (χ4v) is 2.95. The molecular weight excluding hydrogens is 252 g/mol. The van der Waals surface area contributed by atoms with Crippen LogP contribution in [0.1, 0.15) is 37.4 Å². The number of hydrogen-bond donors (Lipinski definition) is 3. The van der Waals surface area contributed by atoms with Crippen molar-refractivity contribution in [1.29, 1.82) is 0 Å². The summed E-state index contributed by atoms with van der Waals surface area (Å²) in [5.41, 5.74) is 1.47. The summed E-state index contributed by atoms with van der Waals surface area (Å²) in [6.45, 7) is 4.83. The van der Waals surface area contributed by atoms with Gasteiger partial charge >= 0.3 is 0 Å². The van der Waals surface area contributed by atoms with Gasteiger partial charge in [0.05, 0.1) is 0 Å². The molecule has 104 valence electrons. The lowest BCUT2D eigenvalue weighted by atomic mass is 10.3. The number of H-pyrrole nitrogens is 1. The molecule has 0 saturated heterocycles. The molecule has 0 aliphatic heterocycles. The number of hydrogen-bond acceptors (Lipinski definition) is 4. The molecule has 6 nitrogen and oxygen atoms in total. The van der Waals surface area contributed by atoms with Crippen LogP contribution in [-0.4, -0.2) is 32.2 Å². The number of unbranched alkanes of at least 4 members (excludes halogenated alkanes) is 2. The average molecular weight is 274 g/mol. The van der Waals surface area contributed by atoms with Crippen molar-refractivity contribution in [2.45, 2.75) is 44.7 Å². The van der Waals surface area contributed by atoms with Crippen LogP contribution >= 0.6 is 0 Å². The molecule has 1 aromatic heterocycles. The van der Waals surface area contributed by atoms with Crippen molar-refractivity contribution >= 4 is 10.0 Å². The molecule has 0 aliphatic rings. The Labute approximate surface area is 109 Å². The normalized spacial score (nSPS) is 11.9. The number of nitrogens with one attached hydrogen (secondary N) is 3. The molecule has 0 unspecified atom stereocenters. The lowest BCUT2D eigenvalue weighted by Gasteiger charge is -2.06. The van der Waals surface area contributed by atoms with Crippen LogP contribution in [-0.2, 0) is 16.6 Å². The maximum absolute atomic E-state index is 12.1. The summed E-state index contributed by atoms with van der Waals surface area (Å²) < 4.78 is 26.8. The summed E-state index contributed by atoms with van der Waals surface area (Å²) in [6, 6.07) is 0. The lowest BCUT2D eigenvalue weighted by Crippen LogP contribution is -2.26. The van der Waals surface area contributed by atoms with Crippen LogP contribution in [0.2, 0.25) is 0 Å². The Morgan fingerprint density at radius 3 is 2.67 bits per heavy atom. The van der Waals surface area contributed by atoms with Gasteiger partial charge in [-0.2, -0.15) is 5.10 Å². The molecule has 0 fully saturated rings. The first-order valence-electron chi connectivity index (χ1n) is 6.21. The van der Waals surface area contributed by atoms with Crippen LogP contribution in [0, 0.1) is 6.92 Å². The number of rotatable bonds is 8. The molecule has 18 heavy (non-hydrogen) atoms. The number of nitrogens with zero attached hydrogens (tertiary/aromatic N) is 1. The van der Waals surface area contributed by atoms with Crippen molar-refractivity contribution in [1.82, 2.24) is 20.2 Å². The number of aromatic amines is 1. The first-order chi connectivity index (χ1) is 8.53. The minimum atomic E-state index is -3.51. The predicted octanol–water partition coefficient (Wildman–Crippen LogP) is 0.906. The van der Waals surface area contributed by atoms with Crippen LogP contribution < -0.4 is 10.0 Å². The van der Waals surface area contributed by atoms with E-state index in [2.05, 4.69) is 27.2 Å². The fraction of sp³-hybridized carbons (Fsp3) is 0.727. The number of aryl methyl sites for hydroxylation is 1. The Morgan fingerprint density at radius 2 is 2.06 bits per heavy atom. The third-order valence-electron chi connectivity index (χ3n) is 2.72. The zero-order valence-corrected chi connectivity index (χ0v) is 12.0. The standard InChI is InChI=1S/C11H22N4O2S/c1-4-5-6-7-13-18(16,17)11-10(8-12-3)9(2)14-15-11/h12-13H,4-8H2,1-3H3,(H,14,15). The molecule has 7 heteroatoms. The number of aromatic nitrogens is 2. The van der Waals surface area contributed by atoms with Crippen LogP contribution in [0.15, 0.2) is 5.03 Å². The second-order valence-corrected chi connectivity index (χ2v) is 5.95. The summed E-state index contributed by atoms with van der Waals surface area (Å²) in [7, 11) is -1.73. The van der Waals surface area contributed by atoms with E-state index in [4.69, 9.17) is 0 Å². The van der Waals surface area contributed by atoms with Gasteiger partial charge in [-0.25, -0.2) is 13.1 Å². The van der Waals surface area contributed by atoms with Gasteiger partial charge in [0, 0.05) is 24.3 Å². The van der Waals surface area contributed by atoms with Crippen molar-refractivity contribution in [3.63, 3.8) is 0 Å². The average Bonchev–Trinajstić information content (AvgIpc) is 2.68. The van der Waals surface area contributed by atoms with Crippen molar-refractivity contribution in [2.75, 3.05) is 13.6 Å². The maximum atomic E-state index is 12.1. The first kappa shape index (κ1) is 15.1. The van der Waals surface area contributed by atoms with E-state index in [0.29, 0.717) is 18.7 Å². The maximum Gasteiger partial charge on any atom is 0.260 e. The van der Waals surface area contributed by atoms with Crippen molar-refractivity contribution in [2.24, 2.45) is 0 Å². The van der Waals surface area contributed by atoms with Gasteiger partial charge in [-0.1, -0.05) is 19.8 Å². The van der Waals surface area contributed by atoms with E-state index in [-0.39, 0.29) is 5.03 Å². The summed E-state index contributed by atoms with van der Waals surface area (Å²) in [6.07, 6.45) is 2.93. The van der Waals surface area contributed by atoms with E-state index in [1.54, 1.807) is 7.05 Å². The van der Waals surface area contributed by atoms with Crippen LogP contribution in [0.25, 0.3) is 0 Å². The van der Waals surface area contributed by atoms with E-state index in [9.17, 15) is 8.42 Å². The summed E-state index contributed by atoms with van der Waals surface area (Å²) in [5.74, 6) is 0. The summed E-state index contributed by atoms with van der Waals surface area (Å²) >= 11 is 0. The van der Waals surface area contributed by atoms with Crippen molar-refractivity contribution in [3.8, 4) is 0 Å². The molecule has 0 atom stereocenters. The van der Waals surface area contributed by atoms with Gasteiger partial charge in [0.1, 0.15) is 0 Å². The Balaban J connectivity index is 2.78. The summed E-state index contributed by atoms with van der Waals surface area (Å²) in [4.78, 5) is 0. The molecule has 0 saturated carbocycles. The second kappa shape index (κ2) is 6.86. The highest BCUT2D eigenvalue weighted by Gasteiger charge is 2.22. The SMILES string of the molecule is CCCCCNS(=O)(=O)c1n[nH]c(C)c1CNC. The van der Waals surface area contributed by atoms with Gasteiger partial charge < -0.3 is 5.32 Å². The minimum absolute atomic E-state index is 0.103. The molecule has 0 aliphatic carbocycles. The lowest BCUT2D eigenvalue weighted by molar-refractivity contribution is 0.570. The van der Waals surface area contributed by atoms with Gasteiger partial charge in [-0.3, -0.25) is 5.10 Å². The molecular formula is C11H22N4O2S. The van der Waals surface area contributed by atoms with Crippen molar-refractivity contribution < 1.29 is 8.42 Å². The van der Waals surface area contributed by atoms with Crippen LogP contribution in [0.4, 0.5) is 0 Å². The van der Waals surface area contributed by atoms with Crippen LogP contribution in [0.3, 0.4) is 0 Å². The van der Waals surface area contributed by atoms with Gasteiger partial charge in [0.2, 0.25) is 0 Å². The quantitative estimate of drug-likeness (QED) is 0.615. The zero-order valence-electron chi connectivity index (χ0n) is 11.2. The summed E-state index contributed by atoms with van der Waals surface area (Å²) in [5, 5.41) is 9.66. The van der Waals surface area contributed by atoms with E-state index < -0.39 is 10.0 Å². The van der Waals surface area contributed by atoms with Gasteiger partial charge in [-0.15, -0.1) is 0 Å². The molecule has 0 bridgehead atoms. The fourth-order valence-electron chi connectivity index (χ4n) is 1.69. The first-order valence-corrected chi connectivity index (χ1v) is 7.69. The largest absolute Gasteiger partial charge is 0.316 e. The Hall–Kier alpha value is -0.920. The second-order valence-electron chi connectivity index (χ2n) is 4.27. The van der Waals surface area contributed by atoms with Gasteiger partial charge in [-0.05, 0) is 20.4 Å². The highest BCUT2D eigenvalue weighted by molar-refractivity contribution is 7.89. The minimum Gasteiger partial charge on any atom is -0.316 e. The molecule has 1 heterocycles. The van der Waals surface area contributed by atoms with Gasteiger partial charge in [0.25, 0.3) is 10.0 Å². The Morgan fingerprint density at radius 1 is 1.33 bits per heavy atom. The monoisotopic (exact) mass is 274 g/mol. The van der Waals surface area contributed by atoms with Crippen molar-refractivity contribution in [3.05, 3.63) is 11.3 Å². The molecule has 0 radical (unpaired) electrons. The van der Waals surface area contributed by atoms with Crippen LogP contribution in [0.5, 0.6) is 0 Å². The van der Waals surface area contributed by atoms with E-state index in [1.807, 2.05) is 6.92 Å². The Kier molecular flexibility index (Phi) is 5.77. The molecule has 3 N–H and O–H groups in total. The predicted molar refractivity (Wildman–Crippen MR) is 70.8 cm³/mol. The zero-order chi connectivity index (χ0) is 13.6. The molecule has 0 amide bonds. The van der Waals surface area contributed by atoms with Gasteiger partial charge in [0.15, 0.2) is 5.03 Å². The Bertz CT molecular complexity index is 467. The van der Waals surface area contributed by atoms with E-state index >= 15 is 0 Å². The third-order valence-corrected chi connectivity index (χ3v) is 4.15. The highest BCUT2D eigenvalue weighted by Crippen LogP contribution is 2.15. The van der Waals surface area contributed by atoms with E-state index in [0.717, 1.165) is 25.0 Å². The smallest absolute Gasteiger partial charge is 0.260 e. The topological polar surface area (TPSA) is 86.9 Å². The molecule has 0 spiro atoms. The number of sulfonamides is 1. The molecule has 1 rings (SSSR count). The molecule has 0 aromatic carbocycles. The highest BCUT2D eigenvalue weighted by atomic mass is 32.2. The van der Waals surface area contributed by atoms with E-state index in [1.165, 1.54) is 0 Å². The third kappa shape index (κ3) is 3.79. The molecule has 1 aromatic rings.